The predicted octanol–water partition coefficient (Wildman–Crippen LogP) is -0.434. The molecule has 4 aliphatic rings. The van der Waals surface area contributed by atoms with Gasteiger partial charge in [0.2, 0.25) is 5.91 Å². The monoisotopic (exact) mass is 586 g/mol. The number of aliphatic hydroxyl groups is 2. The first kappa shape index (κ1) is 28.6. The number of hydrogen-bond donors (Lipinski definition) is 4. The standard InChI is InChI=1S/C27H38N8O7/c1-33-11-15(25(33)39)12-41-27(40)34-9-7-14(8-10-34)3-2-4-17-31-22(28)18-23(32-17)35(13-29-18)26-20(37)19(36)21(42-26)24(38)30-16-5-6-16/h13-16,19-21,26,36-37H,2-12H2,1H3,(H,30,38)(H2,28,31,32)/t15?,19?,20-,21-,26+/m0/s1. The van der Waals surface area contributed by atoms with E-state index < -0.39 is 30.4 Å². The zero-order valence-electron chi connectivity index (χ0n) is 23.6. The molecule has 0 bridgehead atoms. The number of nitrogens with zero attached hydrogens (tertiary/aromatic N) is 6. The number of nitrogens with two attached hydrogens (primary N) is 1. The summed E-state index contributed by atoms with van der Waals surface area (Å²) in [6, 6.07) is 0.0927. The van der Waals surface area contributed by atoms with Crippen LogP contribution < -0.4 is 11.1 Å². The van der Waals surface area contributed by atoms with E-state index in [4.69, 9.17) is 15.2 Å². The lowest BCUT2D eigenvalue weighted by Gasteiger charge is -2.36. The molecule has 6 rings (SSSR count). The molecular formula is C27H38N8O7. The van der Waals surface area contributed by atoms with Crippen molar-refractivity contribution in [1.29, 1.82) is 0 Å². The van der Waals surface area contributed by atoms with Gasteiger partial charge >= 0.3 is 6.09 Å². The summed E-state index contributed by atoms with van der Waals surface area (Å²) in [6.07, 6.45) is 1.87. The third-order valence-electron chi connectivity index (χ3n) is 8.70. The quantitative estimate of drug-likeness (QED) is 0.278. The Hall–Kier alpha value is -3.56. The Balaban J connectivity index is 1.00. The van der Waals surface area contributed by atoms with Crippen molar-refractivity contribution in [2.24, 2.45) is 11.8 Å². The van der Waals surface area contributed by atoms with Gasteiger partial charge in [0.1, 0.15) is 30.2 Å². The number of carbonyl (C=O) groups is 3. The van der Waals surface area contributed by atoms with Gasteiger partial charge in [0.05, 0.1) is 12.2 Å². The number of likely N-dealkylation sites (tertiary alicyclic amines) is 2. The highest BCUT2D eigenvalue weighted by Crippen LogP contribution is 2.33. The number of nitrogens with one attached hydrogen (secondary N) is 1. The highest BCUT2D eigenvalue weighted by molar-refractivity contribution is 5.85. The van der Waals surface area contributed by atoms with E-state index in [-0.39, 0.29) is 36.4 Å². The number of anilines is 1. The van der Waals surface area contributed by atoms with Crippen LogP contribution in [0.5, 0.6) is 0 Å². The number of fused-ring (bicyclic) bond motifs is 1. The minimum atomic E-state index is -1.40. The van der Waals surface area contributed by atoms with Crippen molar-refractivity contribution >= 4 is 34.9 Å². The van der Waals surface area contributed by atoms with Crippen LogP contribution >= 0.6 is 0 Å². The van der Waals surface area contributed by atoms with E-state index in [1.165, 1.54) is 10.9 Å². The first-order valence-corrected chi connectivity index (χ1v) is 14.7. The number of β-lactam (4-membered cyclic amide) rings is 1. The van der Waals surface area contributed by atoms with E-state index in [9.17, 15) is 24.6 Å². The van der Waals surface area contributed by atoms with Crippen molar-refractivity contribution in [3.05, 3.63) is 12.2 Å². The Bertz CT molecular complexity index is 1340. The summed E-state index contributed by atoms with van der Waals surface area (Å²) in [5, 5.41) is 24.0. The molecule has 3 aliphatic heterocycles. The van der Waals surface area contributed by atoms with Crippen LogP contribution in [0.3, 0.4) is 0 Å². The van der Waals surface area contributed by atoms with Crippen molar-refractivity contribution in [1.82, 2.24) is 34.6 Å². The summed E-state index contributed by atoms with van der Waals surface area (Å²) in [5.74, 6) is 0.516. The lowest BCUT2D eigenvalue weighted by Crippen LogP contribution is -2.52. The molecule has 0 spiro atoms. The van der Waals surface area contributed by atoms with Gasteiger partial charge in [0, 0.05) is 39.1 Å². The molecule has 15 heteroatoms. The van der Waals surface area contributed by atoms with Crippen molar-refractivity contribution < 1.29 is 34.1 Å². The number of ether oxygens (including phenoxy) is 2. The molecule has 3 saturated heterocycles. The second-order valence-electron chi connectivity index (χ2n) is 11.9. The highest BCUT2D eigenvalue weighted by Gasteiger charge is 2.48. The smallest absolute Gasteiger partial charge is 0.409 e. The fraction of sp³-hybridized carbons (Fsp3) is 0.704. The first-order valence-electron chi connectivity index (χ1n) is 14.7. The molecule has 1 aliphatic carbocycles. The molecule has 2 aromatic rings. The molecule has 2 unspecified atom stereocenters. The number of aromatic nitrogens is 4. The Morgan fingerprint density at radius 3 is 2.62 bits per heavy atom. The average Bonchev–Trinajstić information content (AvgIpc) is 3.62. The summed E-state index contributed by atoms with van der Waals surface area (Å²) in [4.78, 5) is 53.3. The van der Waals surface area contributed by atoms with E-state index in [1.807, 2.05) is 0 Å². The molecule has 2 aromatic heterocycles. The van der Waals surface area contributed by atoms with Crippen molar-refractivity contribution in [3.63, 3.8) is 0 Å². The number of aryl methyl sites for hydroxylation is 1. The van der Waals surface area contributed by atoms with Gasteiger partial charge in [-0.1, -0.05) is 0 Å². The molecule has 42 heavy (non-hydrogen) atoms. The Labute approximate surface area is 242 Å². The van der Waals surface area contributed by atoms with Gasteiger partial charge in [0.15, 0.2) is 23.8 Å². The zero-order valence-corrected chi connectivity index (χ0v) is 23.6. The van der Waals surface area contributed by atoms with Crippen molar-refractivity contribution in [2.45, 2.75) is 75.5 Å². The van der Waals surface area contributed by atoms with Gasteiger partial charge in [-0.05, 0) is 44.4 Å². The van der Waals surface area contributed by atoms with Crippen LogP contribution in [0.15, 0.2) is 6.33 Å². The summed E-state index contributed by atoms with van der Waals surface area (Å²) in [5.41, 5.74) is 6.89. The van der Waals surface area contributed by atoms with E-state index >= 15 is 0 Å². The zero-order chi connectivity index (χ0) is 29.5. The number of amides is 3. The van der Waals surface area contributed by atoms with Gasteiger partial charge < -0.3 is 40.5 Å². The molecule has 5 atom stereocenters. The number of piperidine rings is 1. The summed E-state index contributed by atoms with van der Waals surface area (Å²) in [6.45, 7) is 1.99. The topological polar surface area (TPSA) is 198 Å². The number of imidazole rings is 1. The number of rotatable bonds is 9. The molecule has 5 N–H and O–H groups in total. The molecule has 0 aromatic carbocycles. The SMILES string of the molecule is CN1CC(COC(=O)N2CCC(CCCc3nc(N)c4ncn([C@@H]5O[C@H](C(=O)NC6CC6)C(O)[C@@H]5O)c4n3)CC2)C1=O. The molecule has 15 nitrogen and oxygen atoms in total. The lowest BCUT2D eigenvalue weighted by molar-refractivity contribution is -0.147. The minimum absolute atomic E-state index is 0.0148. The van der Waals surface area contributed by atoms with Crippen molar-refractivity contribution in [2.75, 3.05) is 39.0 Å². The van der Waals surface area contributed by atoms with Crippen LogP contribution in [0, 0.1) is 11.8 Å². The van der Waals surface area contributed by atoms with E-state index in [0.717, 1.165) is 38.5 Å². The normalized spacial score (nSPS) is 28.3. The Kier molecular flexibility index (Phi) is 7.89. The summed E-state index contributed by atoms with van der Waals surface area (Å²) < 4.78 is 12.6. The molecule has 3 amide bonds. The van der Waals surface area contributed by atoms with Gasteiger partial charge in [-0.15, -0.1) is 0 Å². The third-order valence-corrected chi connectivity index (χ3v) is 8.70. The molecular weight excluding hydrogens is 548 g/mol. The van der Waals surface area contributed by atoms with Crippen molar-refractivity contribution in [3.8, 4) is 0 Å². The predicted molar refractivity (Wildman–Crippen MR) is 147 cm³/mol. The fourth-order valence-electron chi connectivity index (χ4n) is 5.94. The van der Waals surface area contributed by atoms with Gasteiger partial charge in [-0.25, -0.2) is 19.7 Å². The largest absolute Gasteiger partial charge is 0.448 e. The molecule has 0 radical (unpaired) electrons. The molecule has 228 valence electrons. The number of nitrogen functional groups attached to an aromatic ring is 1. The summed E-state index contributed by atoms with van der Waals surface area (Å²) in [7, 11) is 1.73. The maximum absolute atomic E-state index is 12.5. The van der Waals surface area contributed by atoms with Crippen LogP contribution in [-0.4, -0.2) is 115 Å². The van der Waals surface area contributed by atoms with E-state index in [2.05, 4.69) is 20.3 Å². The van der Waals surface area contributed by atoms with Crippen LogP contribution in [-0.2, 0) is 25.5 Å². The number of aliphatic hydroxyl groups excluding tert-OH is 2. The first-order chi connectivity index (χ1) is 20.2. The maximum atomic E-state index is 12.5. The maximum Gasteiger partial charge on any atom is 0.409 e. The molecule has 4 fully saturated rings. The average molecular weight is 587 g/mol. The second-order valence-corrected chi connectivity index (χ2v) is 11.9. The lowest BCUT2D eigenvalue weighted by atomic mass is 9.91. The Morgan fingerprint density at radius 1 is 1.17 bits per heavy atom. The van der Waals surface area contributed by atoms with Crippen LogP contribution in [0.4, 0.5) is 10.6 Å². The Morgan fingerprint density at radius 2 is 1.93 bits per heavy atom. The molecule has 5 heterocycles. The fourth-order valence-corrected chi connectivity index (χ4v) is 5.94. The van der Waals surface area contributed by atoms with Crippen LogP contribution in [0.25, 0.3) is 11.2 Å². The summed E-state index contributed by atoms with van der Waals surface area (Å²) >= 11 is 0. The van der Waals surface area contributed by atoms with Gasteiger partial charge in [0.25, 0.3) is 5.91 Å². The minimum Gasteiger partial charge on any atom is -0.448 e. The third kappa shape index (κ3) is 5.72. The van der Waals surface area contributed by atoms with E-state index in [0.29, 0.717) is 49.0 Å². The van der Waals surface area contributed by atoms with E-state index in [1.54, 1.807) is 16.8 Å². The second kappa shape index (κ2) is 11.6. The highest BCUT2D eigenvalue weighted by atomic mass is 16.6. The van der Waals surface area contributed by atoms with Crippen LogP contribution in [0.2, 0.25) is 0 Å². The number of hydrogen-bond acceptors (Lipinski definition) is 11. The molecule has 1 saturated carbocycles. The number of carbonyl (C=O) groups excluding carboxylic acids is 3. The van der Waals surface area contributed by atoms with Crippen LogP contribution in [0.1, 0.15) is 50.6 Å². The van der Waals surface area contributed by atoms with Gasteiger partial charge in [-0.2, -0.15) is 0 Å². The van der Waals surface area contributed by atoms with Gasteiger partial charge in [-0.3, -0.25) is 14.2 Å².